The summed E-state index contributed by atoms with van der Waals surface area (Å²) in [6, 6.07) is 6.99. The second-order valence-electron chi connectivity index (χ2n) is 5.97. The first-order valence-electron chi connectivity index (χ1n) is 8.14. The van der Waals surface area contributed by atoms with Crippen molar-refractivity contribution in [1.82, 2.24) is 29.5 Å². The van der Waals surface area contributed by atoms with E-state index in [1.165, 1.54) is 4.52 Å². The van der Waals surface area contributed by atoms with E-state index in [4.69, 9.17) is 0 Å². The predicted octanol–water partition coefficient (Wildman–Crippen LogP) is 1.25. The summed E-state index contributed by atoms with van der Waals surface area (Å²) in [7, 11) is 0. The minimum absolute atomic E-state index is 0.0253. The van der Waals surface area contributed by atoms with Crippen molar-refractivity contribution in [2.24, 2.45) is 5.92 Å². The molecule has 1 unspecified atom stereocenters. The standard InChI is InChI=1S/C17H16N6O2/c24-14(13-6-1-2-7-18-13)12-5-3-9-22(11-12)16(25)15-20-17-19-8-4-10-23(17)21-15/h1-2,4,6-8,10,12H,3,5,9,11H2. The Morgan fingerprint density at radius 1 is 1.12 bits per heavy atom. The van der Waals surface area contributed by atoms with Crippen molar-refractivity contribution < 1.29 is 9.59 Å². The van der Waals surface area contributed by atoms with Gasteiger partial charge in [-0.25, -0.2) is 9.50 Å². The number of Topliss-reactive ketones (excluding diaryl/α,β-unsaturated/α-hetero) is 1. The van der Waals surface area contributed by atoms with Gasteiger partial charge in [-0.1, -0.05) is 6.07 Å². The molecule has 8 nitrogen and oxygen atoms in total. The Bertz CT molecular complexity index is 890. The quantitative estimate of drug-likeness (QED) is 0.668. The average Bonchev–Trinajstić information content (AvgIpc) is 3.12. The van der Waals surface area contributed by atoms with Gasteiger partial charge in [0, 0.05) is 37.6 Å². The maximum atomic E-state index is 12.7. The lowest BCUT2D eigenvalue weighted by atomic mass is 9.92. The number of rotatable bonds is 3. The number of hydrogen-bond donors (Lipinski definition) is 0. The van der Waals surface area contributed by atoms with Crippen LogP contribution in [0.3, 0.4) is 0 Å². The Labute approximate surface area is 143 Å². The van der Waals surface area contributed by atoms with Gasteiger partial charge in [0.15, 0.2) is 5.78 Å². The zero-order valence-corrected chi connectivity index (χ0v) is 13.4. The first-order chi connectivity index (χ1) is 12.2. The maximum absolute atomic E-state index is 12.7. The van der Waals surface area contributed by atoms with Gasteiger partial charge in [-0.15, -0.1) is 5.10 Å². The third-order valence-electron chi connectivity index (χ3n) is 4.30. The zero-order chi connectivity index (χ0) is 17.2. The number of nitrogens with zero attached hydrogens (tertiary/aromatic N) is 6. The summed E-state index contributed by atoms with van der Waals surface area (Å²) in [6.07, 6.45) is 6.41. The van der Waals surface area contributed by atoms with Crippen molar-refractivity contribution in [3.63, 3.8) is 0 Å². The third-order valence-corrected chi connectivity index (χ3v) is 4.30. The van der Waals surface area contributed by atoms with E-state index in [2.05, 4.69) is 20.1 Å². The minimum atomic E-state index is -0.274. The Hall–Kier alpha value is -3.16. The highest BCUT2D eigenvalue weighted by molar-refractivity contribution is 5.97. The monoisotopic (exact) mass is 336 g/mol. The average molecular weight is 336 g/mol. The lowest BCUT2D eigenvalue weighted by molar-refractivity contribution is 0.0625. The lowest BCUT2D eigenvalue weighted by Crippen LogP contribution is -2.42. The number of piperidine rings is 1. The number of amides is 1. The fourth-order valence-corrected chi connectivity index (χ4v) is 3.06. The highest BCUT2D eigenvalue weighted by atomic mass is 16.2. The van der Waals surface area contributed by atoms with E-state index in [0.717, 1.165) is 12.8 Å². The highest BCUT2D eigenvalue weighted by Gasteiger charge is 2.31. The Kier molecular flexibility index (Phi) is 3.93. The summed E-state index contributed by atoms with van der Waals surface area (Å²) in [5, 5.41) is 4.17. The van der Waals surface area contributed by atoms with E-state index in [0.29, 0.717) is 24.6 Å². The molecule has 0 bridgehead atoms. The van der Waals surface area contributed by atoms with Crippen molar-refractivity contribution in [1.29, 1.82) is 0 Å². The van der Waals surface area contributed by atoms with Gasteiger partial charge >= 0.3 is 0 Å². The van der Waals surface area contributed by atoms with Crippen molar-refractivity contribution in [3.8, 4) is 0 Å². The number of fused-ring (bicyclic) bond motifs is 1. The molecule has 0 spiro atoms. The molecule has 3 aromatic heterocycles. The molecule has 1 aliphatic rings. The summed E-state index contributed by atoms with van der Waals surface area (Å²) < 4.78 is 1.47. The van der Waals surface area contributed by atoms with Crippen LogP contribution in [0.15, 0.2) is 42.9 Å². The topological polar surface area (TPSA) is 93.4 Å². The van der Waals surface area contributed by atoms with Crippen LogP contribution in [0.5, 0.6) is 0 Å². The van der Waals surface area contributed by atoms with E-state index in [-0.39, 0.29) is 23.4 Å². The van der Waals surface area contributed by atoms with Crippen LogP contribution in [0.2, 0.25) is 0 Å². The molecule has 0 saturated carbocycles. The van der Waals surface area contributed by atoms with Gasteiger partial charge in [0.05, 0.1) is 0 Å². The normalized spacial score (nSPS) is 17.6. The van der Waals surface area contributed by atoms with Gasteiger partial charge in [0.1, 0.15) is 5.69 Å². The number of likely N-dealkylation sites (tertiary alicyclic amines) is 1. The van der Waals surface area contributed by atoms with Gasteiger partial charge in [-0.3, -0.25) is 14.6 Å². The molecule has 1 fully saturated rings. The number of aromatic nitrogens is 5. The molecule has 0 aromatic carbocycles. The number of carbonyl (C=O) groups excluding carboxylic acids is 2. The molecular formula is C17H16N6O2. The summed E-state index contributed by atoms with van der Waals surface area (Å²) >= 11 is 0. The molecule has 0 radical (unpaired) electrons. The molecule has 4 heterocycles. The fourth-order valence-electron chi connectivity index (χ4n) is 3.06. The number of carbonyl (C=O) groups is 2. The second-order valence-corrected chi connectivity index (χ2v) is 5.97. The third kappa shape index (κ3) is 2.98. The predicted molar refractivity (Wildman–Crippen MR) is 88.0 cm³/mol. The van der Waals surface area contributed by atoms with Gasteiger partial charge in [-0.05, 0) is 31.0 Å². The first-order valence-corrected chi connectivity index (χ1v) is 8.14. The molecule has 1 amide bonds. The highest BCUT2D eigenvalue weighted by Crippen LogP contribution is 2.21. The molecule has 4 rings (SSSR count). The van der Waals surface area contributed by atoms with E-state index < -0.39 is 0 Å². The van der Waals surface area contributed by atoms with Crippen molar-refractivity contribution >= 4 is 17.5 Å². The van der Waals surface area contributed by atoms with Gasteiger partial charge in [-0.2, -0.15) is 4.98 Å². The molecule has 0 N–H and O–H groups in total. The minimum Gasteiger partial charge on any atom is -0.335 e. The molecule has 1 atom stereocenters. The molecule has 1 aliphatic heterocycles. The zero-order valence-electron chi connectivity index (χ0n) is 13.4. The fraction of sp³-hybridized carbons (Fsp3) is 0.294. The largest absolute Gasteiger partial charge is 0.335 e. The molecule has 0 aliphatic carbocycles. The van der Waals surface area contributed by atoms with Crippen LogP contribution in [0.25, 0.3) is 5.78 Å². The van der Waals surface area contributed by atoms with Crippen LogP contribution >= 0.6 is 0 Å². The lowest BCUT2D eigenvalue weighted by Gasteiger charge is -2.31. The van der Waals surface area contributed by atoms with Crippen molar-refractivity contribution in [3.05, 3.63) is 54.4 Å². The van der Waals surface area contributed by atoms with Crippen LogP contribution in [0.1, 0.15) is 33.9 Å². The summed E-state index contributed by atoms with van der Waals surface area (Å²) in [6.45, 7) is 0.949. The number of ketones is 1. The molecule has 1 saturated heterocycles. The van der Waals surface area contributed by atoms with Crippen LogP contribution in [-0.2, 0) is 0 Å². The van der Waals surface area contributed by atoms with E-state index in [9.17, 15) is 9.59 Å². The molecule has 3 aromatic rings. The van der Waals surface area contributed by atoms with Crippen LogP contribution in [-0.4, -0.2) is 54.2 Å². The van der Waals surface area contributed by atoms with E-state index in [1.807, 2.05) is 0 Å². The van der Waals surface area contributed by atoms with Gasteiger partial charge < -0.3 is 4.90 Å². The summed E-state index contributed by atoms with van der Waals surface area (Å²) in [5.74, 6) is -0.0666. The number of pyridine rings is 1. The Morgan fingerprint density at radius 3 is 2.80 bits per heavy atom. The van der Waals surface area contributed by atoms with Crippen molar-refractivity contribution in [2.45, 2.75) is 12.8 Å². The van der Waals surface area contributed by atoms with E-state index in [1.54, 1.807) is 47.8 Å². The Morgan fingerprint density at radius 2 is 2.00 bits per heavy atom. The number of hydrogen-bond acceptors (Lipinski definition) is 6. The van der Waals surface area contributed by atoms with Gasteiger partial charge in [0.25, 0.3) is 11.7 Å². The summed E-state index contributed by atoms with van der Waals surface area (Å²) in [4.78, 5) is 39.3. The maximum Gasteiger partial charge on any atom is 0.293 e. The molecular weight excluding hydrogens is 320 g/mol. The van der Waals surface area contributed by atoms with Crippen molar-refractivity contribution in [2.75, 3.05) is 13.1 Å². The summed E-state index contributed by atoms with van der Waals surface area (Å²) in [5.41, 5.74) is 0.442. The second kappa shape index (κ2) is 6.39. The molecule has 126 valence electrons. The van der Waals surface area contributed by atoms with Crippen LogP contribution < -0.4 is 0 Å². The Balaban J connectivity index is 1.52. The van der Waals surface area contributed by atoms with E-state index >= 15 is 0 Å². The van der Waals surface area contributed by atoms with Gasteiger partial charge in [0.2, 0.25) is 5.82 Å². The molecule has 25 heavy (non-hydrogen) atoms. The smallest absolute Gasteiger partial charge is 0.293 e. The van der Waals surface area contributed by atoms with Crippen LogP contribution in [0.4, 0.5) is 0 Å². The SMILES string of the molecule is O=C(c1ccccn1)C1CCCN(C(=O)c2nc3ncccn3n2)C1. The van der Waals surface area contributed by atoms with Crippen LogP contribution in [0, 0.1) is 5.92 Å². The molecule has 8 heteroatoms. The first kappa shape index (κ1) is 15.4.